The highest BCUT2D eigenvalue weighted by molar-refractivity contribution is 6.32. The SMILES string of the molecule is C[C@H](OC(=O)/C=C/c1c(F)cccc1Cl)C(=O)Nc1ccc(Cl)cn1. The standard InChI is InChI=1S/C17H13Cl2FN2O3/c1-10(17(24)22-15-7-5-11(18)9-21-15)25-16(23)8-6-12-13(19)3-2-4-14(12)20/h2-10H,1H3,(H,21,22,24)/b8-6+/t10-/m0/s1. The largest absolute Gasteiger partial charge is 0.449 e. The number of benzene rings is 1. The number of amides is 1. The van der Waals surface area contributed by atoms with Gasteiger partial charge in [-0.25, -0.2) is 14.2 Å². The van der Waals surface area contributed by atoms with Crippen LogP contribution in [0.5, 0.6) is 0 Å². The number of ether oxygens (including phenoxy) is 1. The van der Waals surface area contributed by atoms with Crippen LogP contribution in [-0.2, 0) is 14.3 Å². The van der Waals surface area contributed by atoms with E-state index in [-0.39, 0.29) is 16.4 Å². The number of nitrogens with zero attached hydrogens (tertiary/aromatic N) is 1. The molecule has 1 amide bonds. The number of hydrogen-bond acceptors (Lipinski definition) is 4. The van der Waals surface area contributed by atoms with Gasteiger partial charge in [-0.15, -0.1) is 0 Å². The van der Waals surface area contributed by atoms with Crippen molar-refractivity contribution in [2.24, 2.45) is 0 Å². The molecule has 0 unspecified atom stereocenters. The maximum absolute atomic E-state index is 13.6. The Hall–Kier alpha value is -2.44. The molecule has 1 atom stereocenters. The van der Waals surface area contributed by atoms with Crippen LogP contribution < -0.4 is 5.32 Å². The van der Waals surface area contributed by atoms with Gasteiger partial charge in [-0.2, -0.15) is 0 Å². The number of hydrogen-bond donors (Lipinski definition) is 1. The number of aromatic nitrogens is 1. The first-order chi connectivity index (χ1) is 11.9. The van der Waals surface area contributed by atoms with E-state index in [1.807, 2.05) is 0 Å². The van der Waals surface area contributed by atoms with Crippen molar-refractivity contribution in [3.05, 3.63) is 64.0 Å². The average Bonchev–Trinajstić information content (AvgIpc) is 2.56. The predicted molar refractivity (Wildman–Crippen MR) is 93.9 cm³/mol. The maximum Gasteiger partial charge on any atom is 0.331 e. The van der Waals surface area contributed by atoms with Gasteiger partial charge in [0.1, 0.15) is 11.6 Å². The second-order valence-electron chi connectivity index (χ2n) is 4.90. The van der Waals surface area contributed by atoms with Crippen molar-refractivity contribution in [1.82, 2.24) is 4.98 Å². The fraction of sp³-hybridized carbons (Fsp3) is 0.118. The van der Waals surface area contributed by atoms with Gasteiger partial charge in [-0.1, -0.05) is 29.3 Å². The van der Waals surface area contributed by atoms with Gasteiger partial charge in [0.2, 0.25) is 0 Å². The van der Waals surface area contributed by atoms with E-state index < -0.39 is 23.8 Å². The molecule has 0 aliphatic rings. The average molecular weight is 383 g/mol. The van der Waals surface area contributed by atoms with Crippen molar-refractivity contribution < 1.29 is 18.7 Å². The molecular weight excluding hydrogens is 370 g/mol. The molecule has 0 aliphatic heterocycles. The zero-order chi connectivity index (χ0) is 18.4. The van der Waals surface area contributed by atoms with E-state index >= 15 is 0 Å². The Morgan fingerprint density at radius 2 is 2.04 bits per heavy atom. The van der Waals surface area contributed by atoms with Crippen molar-refractivity contribution in [3.8, 4) is 0 Å². The summed E-state index contributed by atoms with van der Waals surface area (Å²) in [5, 5.41) is 3.06. The highest BCUT2D eigenvalue weighted by Crippen LogP contribution is 2.20. The van der Waals surface area contributed by atoms with E-state index in [1.54, 1.807) is 6.07 Å². The molecule has 0 aliphatic carbocycles. The summed E-state index contributed by atoms with van der Waals surface area (Å²) in [6.07, 6.45) is 2.47. The first kappa shape index (κ1) is 18.9. The summed E-state index contributed by atoms with van der Waals surface area (Å²) in [4.78, 5) is 27.6. The number of nitrogens with one attached hydrogen (secondary N) is 1. The van der Waals surface area contributed by atoms with E-state index in [0.717, 1.165) is 6.08 Å². The molecule has 0 bridgehead atoms. The zero-order valence-corrected chi connectivity index (χ0v) is 14.5. The van der Waals surface area contributed by atoms with E-state index in [9.17, 15) is 14.0 Å². The normalized spacial score (nSPS) is 12.0. The van der Waals surface area contributed by atoms with Crippen LogP contribution in [0.2, 0.25) is 10.0 Å². The first-order valence-corrected chi connectivity index (χ1v) is 7.87. The molecule has 1 heterocycles. The number of anilines is 1. The molecule has 0 saturated carbocycles. The molecule has 0 saturated heterocycles. The van der Waals surface area contributed by atoms with Crippen LogP contribution in [0, 0.1) is 5.82 Å². The summed E-state index contributed by atoms with van der Waals surface area (Å²) in [5.74, 6) is -1.69. The van der Waals surface area contributed by atoms with Crippen LogP contribution in [0.3, 0.4) is 0 Å². The minimum Gasteiger partial charge on any atom is -0.449 e. The van der Waals surface area contributed by atoms with Gasteiger partial charge in [0, 0.05) is 17.8 Å². The van der Waals surface area contributed by atoms with Crippen molar-refractivity contribution >= 4 is 47.0 Å². The molecule has 0 fully saturated rings. The molecule has 2 aromatic rings. The third kappa shape index (κ3) is 5.55. The van der Waals surface area contributed by atoms with Crippen LogP contribution in [0.4, 0.5) is 10.2 Å². The van der Waals surface area contributed by atoms with Crippen molar-refractivity contribution in [3.63, 3.8) is 0 Å². The summed E-state index contributed by atoms with van der Waals surface area (Å²) in [7, 11) is 0. The summed E-state index contributed by atoms with van der Waals surface area (Å²) < 4.78 is 18.5. The fourth-order valence-electron chi connectivity index (χ4n) is 1.77. The molecule has 2 rings (SSSR count). The number of pyridine rings is 1. The minimum absolute atomic E-state index is 0.0589. The summed E-state index contributed by atoms with van der Waals surface area (Å²) in [5.41, 5.74) is 0.0589. The van der Waals surface area contributed by atoms with Crippen molar-refractivity contribution in [2.75, 3.05) is 5.32 Å². The van der Waals surface area contributed by atoms with Gasteiger partial charge in [0.25, 0.3) is 5.91 Å². The molecule has 0 spiro atoms. The molecule has 8 heteroatoms. The van der Waals surface area contributed by atoms with Crippen molar-refractivity contribution in [1.29, 1.82) is 0 Å². The predicted octanol–water partition coefficient (Wildman–Crippen LogP) is 4.11. The van der Waals surface area contributed by atoms with E-state index in [0.29, 0.717) is 5.02 Å². The second-order valence-corrected chi connectivity index (χ2v) is 5.74. The molecule has 5 nitrogen and oxygen atoms in total. The maximum atomic E-state index is 13.6. The monoisotopic (exact) mass is 382 g/mol. The fourth-order valence-corrected chi connectivity index (χ4v) is 2.10. The third-order valence-corrected chi connectivity index (χ3v) is 3.58. The molecule has 1 aromatic carbocycles. The lowest BCUT2D eigenvalue weighted by Crippen LogP contribution is -2.29. The molecule has 130 valence electrons. The first-order valence-electron chi connectivity index (χ1n) is 7.12. The Morgan fingerprint density at radius 1 is 1.28 bits per heavy atom. The molecule has 0 radical (unpaired) electrons. The smallest absolute Gasteiger partial charge is 0.331 e. The van der Waals surface area contributed by atoms with Crippen molar-refractivity contribution in [2.45, 2.75) is 13.0 Å². The molecule has 1 aromatic heterocycles. The van der Waals surface area contributed by atoms with E-state index in [1.165, 1.54) is 43.5 Å². The van der Waals surface area contributed by atoms with Gasteiger partial charge in [0.05, 0.1) is 10.0 Å². The van der Waals surface area contributed by atoms with E-state index in [4.69, 9.17) is 27.9 Å². The Morgan fingerprint density at radius 3 is 2.68 bits per heavy atom. The Bertz CT molecular complexity index is 790. The number of carbonyl (C=O) groups is 2. The Labute approximate surface area is 153 Å². The summed E-state index contributed by atoms with van der Waals surface area (Å²) >= 11 is 11.5. The number of esters is 1. The molecule has 1 N–H and O–H groups in total. The zero-order valence-electron chi connectivity index (χ0n) is 13.0. The van der Waals surface area contributed by atoms with Crippen LogP contribution in [0.1, 0.15) is 12.5 Å². The van der Waals surface area contributed by atoms with Gasteiger partial charge in [0.15, 0.2) is 6.10 Å². The van der Waals surface area contributed by atoms with Crippen LogP contribution >= 0.6 is 23.2 Å². The quantitative estimate of drug-likeness (QED) is 0.623. The molecule has 25 heavy (non-hydrogen) atoms. The number of carbonyl (C=O) groups excluding carboxylic acids is 2. The van der Waals surface area contributed by atoms with Gasteiger partial charge in [-0.05, 0) is 37.3 Å². The van der Waals surface area contributed by atoms with Crippen LogP contribution in [-0.4, -0.2) is 23.0 Å². The third-order valence-electron chi connectivity index (χ3n) is 3.03. The minimum atomic E-state index is -1.08. The lowest BCUT2D eigenvalue weighted by Gasteiger charge is -2.11. The highest BCUT2D eigenvalue weighted by atomic mass is 35.5. The topological polar surface area (TPSA) is 68.3 Å². The summed E-state index contributed by atoms with van der Waals surface area (Å²) in [6, 6.07) is 7.22. The summed E-state index contributed by atoms with van der Waals surface area (Å²) in [6.45, 7) is 1.40. The number of halogens is 3. The van der Waals surface area contributed by atoms with Gasteiger partial charge < -0.3 is 10.1 Å². The van der Waals surface area contributed by atoms with E-state index in [2.05, 4.69) is 10.3 Å². The van der Waals surface area contributed by atoms with Crippen LogP contribution in [0.15, 0.2) is 42.6 Å². The van der Waals surface area contributed by atoms with Gasteiger partial charge in [-0.3, -0.25) is 4.79 Å². The lowest BCUT2D eigenvalue weighted by molar-refractivity contribution is -0.148. The Kier molecular flexibility index (Phi) is 6.50. The van der Waals surface area contributed by atoms with Crippen LogP contribution in [0.25, 0.3) is 6.08 Å². The highest BCUT2D eigenvalue weighted by Gasteiger charge is 2.17. The number of rotatable bonds is 5. The Balaban J connectivity index is 1.94. The lowest BCUT2D eigenvalue weighted by atomic mass is 10.2. The molecular formula is C17H13Cl2FN2O3. The van der Waals surface area contributed by atoms with Gasteiger partial charge >= 0.3 is 5.97 Å². The second kappa shape index (κ2) is 8.60.